The predicted octanol–water partition coefficient (Wildman–Crippen LogP) is 1.81. The van der Waals surface area contributed by atoms with E-state index in [4.69, 9.17) is 0 Å². The third-order valence-electron chi connectivity index (χ3n) is 3.58. The Morgan fingerprint density at radius 2 is 1.86 bits per heavy atom. The number of benzene rings is 1. The lowest BCUT2D eigenvalue weighted by Gasteiger charge is -2.31. The molecule has 2 aromatic rings. The highest BCUT2D eigenvalue weighted by Crippen LogP contribution is 2.17. The van der Waals surface area contributed by atoms with E-state index in [1.807, 2.05) is 4.57 Å². The molecule has 1 heterocycles. The molecular formula is C15H17N3O3. The van der Waals surface area contributed by atoms with Gasteiger partial charge in [0.2, 0.25) is 0 Å². The van der Waals surface area contributed by atoms with Gasteiger partial charge in [0.25, 0.3) is 5.91 Å². The Balaban J connectivity index is 2.23. The maximum Gasteiger partial charge on any atom is 0.329 e. The van der Waals surface area contributed by atoms with Crippen molar-refractivity contribution < 1.29 is 14.7 Å². The smallest absolute Gasteiger partial charge is 0.329 e. The van der Waals surface area contributed by atoms with Gasteiger partial charge in [-0.3, -0.25) is 4.79 Å². The van der Waals surface area contributed by atoms with Crippen LogP contribution in [0.2, 0.25) is 0 Å². The van der Waals surface area contributed by atoms with Crippen LogP contribution < -0.4 is 0 Å². The van der Waals surface area contributed by atoms with Crippen LogP contribution in [0.5, 0.6) is 0 Å². The SMILES string of the molecule is CN(C(=O)c1ccc(-n2ccnc2)cc1)C(C)(C)C(=O)O. The number of hydrogen-bond acceptors (Lipinski definition) is 3. The van der Waals surface area contributed by atoms with Gasteiger partial charge in [-0.25, -0.2) is 9.78 Å². The van der Waals surface area contributed by atoms with E-state index in [1.54, 1.807) is 43.0 Å². The van der Waals surface area contributed by atoms with E-state index < -0.39 is 11.5 Å². The zero-order chi connectivity index (χ0) is 15.6. The maximum atomic E-state index is 12.3. The highest BCUT2D eigenvalue weighted by atomic mass is 16.4. The van der Waals surface area contributed by atoms with Crippen LogP contribution in [-0.2, 0) is 4.79 Å². The topological polar surface area (TPSA) is 75.4 Å². The molecule has 1 amide bonds. The molecule has 0 aliphatic carbocycles. The Kier molecular flexibility index (Phi) is 3.80. The summed E-state index contributed by atoms with van der Waals surface area (Å²) in [5.41, 5.74) is 0.0556. The number of rotatable bonds is 4. The van der Waals surface area contributed by atoms with Crippen molar-refractivity contribution in [1.29, 1.82) is 0 Å². The second kappa shape index (κ2) is 5.40. The average Bonchev–Trinajstić information content (AvgIpc) is 3.00. The predicted molar refractivity (Wildman–Crippen MR) is 77.4 cm³/mol. The highest BCUT2D eigenvalue weighted by molar-refractivity contribution is 5.97. The molecule has 0 bridgehead atoms. The van der Waals surface area contributed by atoms with Gasteiger partial charge in [-0.1, -0.05) is 0 Å². The minimum atomic E-state index is -1.26. The summed E-state index contributed by atoms with van der Waals surface area (Å²) < 4.78 is 1.82. The largest absolute Gasteiger partial charge is 0.480 e. The monoisotopic (exact) mass is 287 g/mol. The summed E-state index contributed by atoms with van der Waals surface area (Å²) >= 11 is 0. The van der Waals surface area contributed by atoms with Crippen molar-refractivity contribution in [2.45, 2.75) is 19.4 Å². The number of amides is 1. The summed E-state index contributed by atoms with van der Waals surface area (Å²) in [4.78, 5) is 28.7. The van der Waals surface area contributed by atoms with E-state index >= 15 is 0 Å². The van der Waals surface area contributed by atoms with E-state index in [9.17, 15) is 14.7 Å². The number of nitrogens with zero attached hydrogens (tertiary/aromatic N) is 3. The van der Waals surface area contributed by atoms with Gasteiger partial charge in [0, 0.05) is 30.7 Å². The van der Waals surface area contributed by atoms with E-state index in [-0.39, 0.29) is 5.91 Å². The molecule has 0 aliphatic rings. The van der Waals surface area contributed by atoms with E-state index in [1.165, 1.54) is 25.8 Å². The Labute approximate surface area is 122 Å². The lowest BCUT2D eigenvalue weighted by molar-refractivity contribution is -0.147. The minimum Gasteiger partial charge on any atom is -0.480 e. The molecule has 0 fully saturated rings. The van der Waals surface area contributed by atoms with Gasteiger partial charge in [-0.15, -0.1) is 0 Å². The van der Waals surface area contributed by atoms with Crippen molar-refractivity contribution in [2.75, 3.05) is 7.05 Å². The molecule has 1 aromatic heterocycles. The minimum absolute atomic E-state index is 0.334. The zero-order valence-electron chi connectivity index (χ0n) is 12.1. The quantitative estimate of drug-likeness (QED) is 0.930. The summed E-state index contributed by atoms with van der Waals surface area (Å²) in [6, 6.07) is 6.92. The van der Waals surface area contributed by atoms with Gasteiger partial charge < -0.3 is 14.6 Å². The van der Waals surface area contributed by atoms with Crippen molar-refractivity contribution >= 4 is 11.9 Å². The third-order valence-corrected chi connectivity index (χ3v) is 3.58. The third kappa shape index (κ3) is 2.79. The molecule has 0 aliphatic heterocycles. The number of imidazole rings is 1. The van der Waals surface area contributed by atoms with Crippen molar-refractivity contribution in [1.82, 2.24) is 14.5 Å². The molecule has 21 heavy (non-hydrogen) atoms. The van der Waals surface area contributed by atoms with E-state index in [2.05, 4.69) is 4.98 Å². The van der Waals surface area contributed by atoms with Crippen LogP contribution in [0.4, 0.5) is 0 Å². The van der Waals surface area contributed by atoms with Gasteiger partial charge in [0.05, 0.1) is 6.33 Å². The molecule has 0 spiro atoms. The first-order valence-corrected chi connectivity index (χ1v) is 6.44. The van der Waals surface area contributed by atoms with Crippen LogP contribution in [0, 0.1) is 0 Å². The number of aromatic nitrogens is 2. The van der Waals surface area contributed by atoms with E-state index in [0.717, 1.165) is 5.69 Å². The number of carboxylic acid groups (broad SMARTS) is 1. The van der Waals surface area contributed by atoms with Gasteiger partial charge in [0.15, 0.2) is 0 Å². The Hall–Kier alpha value is -2.63. The van der Waals surface area contributed by atoms with E-state index in [0.29, 0.717) is 5.56 Å². The number of carbonyl (C=O) groups excluding carboxylic acids is 1. The fourth-order valence-corrected chi connectivity index (χ4v) is 1.78. The van der Waals surface area contributed by atoms with Gasteiger partial charge in [0.1, 0.15) is 5.54 Å². The molecular weight excluding hydrogens is 270 g/mol. The first-order valence-electron chi connectivity index (χ1n) is 6.44. The van der Waals surface area contributed by atoms with Crippen LogP contribution >= 0.6 is 0 Å². The van der Waals surface area contributed by atoms with Crippen molar-refractivity contribution in [2.24, 2.45) is 0 Å². The van der Waals surface area contributed by atoms with Crippen LogP contribution in [0.3, 0.4) is 0 Å². The molecule has 0 atom stereocenters. The number of carboxylic acids is 1. The summed E-state index contributed by atoms with van der Waals surface area (Å²) in [6.45, 7) is 2.99. The summed E-state index contributed by atoms with van der Waals surface area (Å²) in [6.07, 6.45) is 5.13. The maximum absolute atomic E-state index is 12.3. The molecule has 110 valence electrons. The number of likely N-dealkylation sites (N-methyl/N-ethyl adjacent to an activating group) is 1. The Morgan fingerprint density at radius 3 is 2.33 bits per heavy atom. The van der Waals surface area contributed by atoms with Gasteiger partial charge >= 0.3 is 5.97 Å². The molecule has 1 N–H and O–H groups in total. The standard InChI is InChI=1S/C15H17N3O3/c1-15(2,14(20)21)17(3)13(19)11-4-6-12(7-5-11)18-9-8-16-10-18/h4-10H,1-3H3,(H,20,21). The first-order chi connectivity index (χ1) is 9.84. The molecule has 6 heteroatoms. The molecule has 6 nitrogen and oxygen atoms in total. The average molecular weight is 287 g/mol. The van der Waals surface area contributed by atoms with Crippen molar-refractivity contribution in [3.63, 3.8) is 0 Å². The number of aliphatic carboxylic acids is 1. The lowest BCUT2D eigenvalue weighted by atomic mass is 10.0. The number of hydrogen-bond donors (Lipinski definition) is 1. The normalized spacial score (nSPS) is 11.2. The lowest BCUT2D eigenvalue weighted by Crippen LogP contribution is -2.50. The molecule has 0 saturated carbocycles. The van der Waals surface area contributed by atoms with Crippen LogP contribution in [0.1, 0.15) is 24.2 Å². The first kappa shape index (κ1) is 14.8. The Bertz CT molecular complexity index is 645. The summed E-state index contributed by atoms with van der Waals surface area (Å²) in [7, 11) is 1.49. The van der Waals surface area contributed by atoms with Crippen LogP contribution in [0.15, 0.2) is 43.0 Å². The second-order valence-electron chi connectivity index (χ2n) is 5.25. The van der Waals surface area contributed by atoms with Crippen LogP contribution in [-0.4, -0.2) is 44.0 Å². The Morgan fingerprint density at radius 1 is 1.24 bits per heavy atom. The zero-order valence-corrected chi connectivity index (χ0v) is 12.1. The van der Waals surface area contributed by atoms with Crippen LogP contribution in [0.25, 0.3) is 5.69 Å². The molecule has 0 radical (unpaired) electrons. The fourth-order valence-electron chi connectivity index (χ4n) is 1.78. The van der Waals surface area contributed by atoms with Crippen molar-refractivity contribution in [3.05, 3.63) is 48.5 Å². The van der Waals surface area contributed by atoms with Gasteiger partial charge in [-0.05, 0) is 38.1 Å². The second-order valence-corrected chi connectivity index (χ2v) is 5.25. The summed E-state index contributed by atoms with van der Waals surface area (Å²) in [5, 5.41) is 9.17. The number of carbonyl (C=O) groups is 2. The van der Waals surface area contributed by atoms with Gasteiger partial charge in [-0.2, -0.15) is 0 Å². The molecule has 0 unspecified atom stereocenters. The summed E-state index contributed by atoms with van der Waals surface area (Å²) in [5.74, 6) is -1.38. The fraction of sp³-hybridized carbons (Fsp3) is 0.267. The van der Waals surface area contributed by atoms with Crippen molar-refractivity contribution in [3.8, 4) is 5.69 Å². The molecule has 1 aromatic carbocycles. The highest BCUT2D eigenvalue weighted by Gasteiger charge is 2.35. The molecule has 2 rings (SSSR count). The molecule has 0 saturated heterocycles.